The molecule has 1 aliphatic heterocycles. The molecule has 0 spiro atoms. The predicted molar refractivity (Wildman–Crippen MR) is 140 cm³/mol. The molecule has 1 heterocycles. The molecule has 0 radical (unpaired) electrons. The Labute approximate surface area is 250 Å². The second-order valence-corrected chi connectivity index (χ2v) is 9.56. The molecule has 1 rings (SSSR count). The number of ether oxygens (including phenoxy) is 1. The molecule has 0 aromatic heterocycles. The van der Waals surface area contributed by atoms with Gasteiger partial charge in [-0.25, -0.2) is 23.8 Å². The van der Waals surface area contributed by atoms with E-state index >= 15 is 0 Å². The van der Waals surface area contributed by atoms with Crippen LogP contribution in [0.4, 0.5) is 0 Å². The number of unbranched alkanes of at least 4 members (excludes halogenated alkanes) is 9. The molecule has 12 nitrogen and oxygen atoms in total. The normalized spacial score (nSPS) is 23.2. The van der Waals surface area contributed by atoms with Gasteiger partial charge in [-0.2, -0.15) is 8.42 Å². The molecule has 8 N–H and O–H groups in total. The van der Waals surface area contributed by atoms with Gasteiger partial charge in [-0.3, -0.25) is 4.55 Å². The third-order valence-electron chi connectivity index (χ3n) is 4.86. The van der Waals surface area contributed by atoms with E-state index in [1.165, 1.54) is 57.9 Å². The fraction of sp³-hybridized carbons (Fsp3) is 0.875. The van der Waals surface area contributed by atoms with E-state index in [1.54, 1.807) is 0 Å². The Kier molecular flexibility index (Phi) is 35.8. The SMILES string of the molecule is C=C[CH2-].CC(O)CO.CCCCCCCCCCCCOS(=O)(=O)O.OC[C@H]1OC(O)[C@H](O)[C@@H](O)[C@@H]1O.[Na+]. The summed E-state index contributed by atoms with van der Waals surface area (Å²) >= 11 is 0. The van der Waals surface area contributed by atoms with Gasteiger partial charge in [-0.15, -0.1) is 0 Å². The van der Waals surface area contributed by atoms with Crippen LogP contribution in [0.2, 0.25) is 0 Å². The summed E-state index contributed by atoms with van der Waals surface area (Å²) in [6.45, 7) is 9.67. The van der Waals surface area contributed by atoms with Gasteiger partial charge in [0.25, 0.3) is 0 Å². The Hall–Kier alpha value is 0.160. The third kappa shape index (κ3) is 30.7. The van der Waals surface area contributed by atoms with Crippen LogP contribution in [-0.2, 0) is 19.3 Å². The minimum atomic E-state index is -4.23. The number of rotatable bonds is 14. The Morgan fingerprint density at radius 1 is 0.921 bits per heavy atom. The Morgan fingerprint density at radius 3 is 1.66 bits per heavy atom. The van der Waals surface area contributed by atoms with E-state index in [0.717, 1.165) is 12.8 Å². The van der Waals surface area contributed by atoms with Gasteiger partial charge in [0, 0.05) is 0 Å². The van der Waals surface area contributed by atoms with Crippen molar-refractivity contribution in [3.05, 3.63) is 19.6 Å². The van der Waals surface area contributed by atoms with E-state index in [2.05, 4.69) is 29.3 Å². The van der Waals surface area contributed by atoms with Gasteiger partial charge in [0.05, 0.1) is 25.9 Å². The van der Waals surface area contributed by atoms with Crippen LogP contribution in [0.5, 0.6) is 0 Å². The van der Waals surface area contributed by atoms with Crippen LogP contribution in [0.3, 0.4) is 0 Å². The van der Waals surface area contributed by atoms with E-state index in [0.29, 0.717) is 6.42 Å². The van der Waals surface area contributed by atoms with Crippen molar-refractivity contribution in [3.8, 4) is 0 Å². The van der Waals surface area contributed by atoms with Crippen LogP contribution in [0.15, 0.2) is 12.7 Å². The van der Waals surface area contributed by atoms with Crippen LogP contribution in [-0.4, -0.2) is 105 Å². The molecule has 0 aliphatic carbocycles. The van der Waals surface area contributed by atoms with Crippen molar-refractivity contribution in [2.75, 3.05) is 19.8 Å². The summed E-state index contributed by atoms with van der Waals surface area (Å²) in [5.74, 6) is 0. The molecule has 0 aromatic carbocycles. The van der Waals surface area contributed by atoms with Crippen LogP contribution >= 0.6 is 0 Å². The number of allylic oxidation sites excluding steroid dienone is 1. The molecule has 6 atom stereocenters. The molecule has 2 unspecified atom stereocenters. The standard InChI is InChI=1S/C12H26O4S.C6H12O6.C3H8O2.C3H5.Na/c1-2-3-4-5-6-7-8-9-10-11-12-16-17(13,14)15;7-1-2-3(8)4(9)5(10)6(11)12-2;1-3(5)2-4;1-3-2;/h2-12H2,1H3,(H,13,14,15);2-11H,1H2;3-5H,2H2,1H3;3H,1-2H2;/q;;;-1;+1/t;2-,3-,4+,5-,6?;;;/m.1.../s1. The van der Waals surface area contributed by atoms with E-state index in [9.17, 15) is 8.42 Å². The van der Waals surface area contributed by atoms with E-state index in [4.69, 9.17) is 40.3 Å². The second kappa shape index (κ2) is 30.1. The van der Waals surface area contributed by atoms with E-state index < -0.39 is 53.8 Å². The Balaban J connectivity index is -0.000000238. The van der Waals surface area contributed by atoms with Crippen LogP contribution < -0.4 is 29.6 Å². The molecule has 1 fully saturated rings. The van der Waals surface area contributed by atoms with Crippen molar-refractivity contribution in [1.82, 2.24) is 0 Å². The fourth-order valence-corrected chi connectivity index (χ4v) is 3.16. The first-order valence-corrected chi connectivity index (χ1v) is 14.0. The molecular formula is C24H51NaO12S. The predicted octanol–water partition coefficient (Wildman–Crippen LogP) is -2.12. The molecular weight excluding hydrogens is 535 g/mol. The summed E-state index contributed by atoms with van der Waals surface area (Å²) in [6.07, 6.45) is 5.75. The first kappa shape index (κ1) is 45.2. The quantitative estimate of drug-likeness (QED) is 0.0475. The maximum absolute atomic E-state index is 10.2. The van der Waals surface area contributed by atoms with Crippen molar-refractivity contribution in [2.24, 2.45) is 0 Å². The number of hydrogen-bond acceptors (Lipinski definition) is 11. The van der Waals surface area contributed by atoms with Crippen molar-refractivity contribution in [2.45, 2.75) is 115 Å². The van der Waals surface area contributed by atoms with Gasteiger partial charge >= 0.3 is 40.0 Å². The van der Waals surface area contributed by atoms with Gasteiger partial charge < -0.3 is 40.5 Å². The third-order valence-corrected chi connectivity index (χ3v) is 5.33. The minimum Gasteiger partial charge on any atom is -0.394 e. The zero-order valence-electron chi connectivity index (χ0n) is 23.3. The maximum atomic E-state index is 10.2. The van der Waals surface area contributed by atoms with Gasteiger partial charge in [-0.1, -0.05) is 64.7 Å². The van der Waals surface area contributed by atoms with E-state index in [1.807, 2.05) is 0 Å². The fourth-order valence-electron chi connectivity index (χ4n) is 2.84. The zero-order valence-corrected chi connectivity index (χ0v) is 26.1. The molecule has 0 amide bonds. The average molecular weight is 587 g/mol. The van der Waals surface area contributed by atoms with Crippen LogP contribution in [0, 0.1) is 6.92 Å². The van der Waals surface area contributed by atoms with Gasteiger partial charge in [0.2, 0.25) is 0 Å². The number of aliphatic hydroxyl groups is 7. The van der Waals surface area contributed by atoms with Crippen molar-refractivity contribution < 1.29 is 87.2 Å². The largest absolute Gasteiger partial charge is 1.00 e. The minimum absolute atomic E-state index is 0. The molecule has 0 saturated carbocycles. The molecule has 226 valence electrons. The Bertz CT molecular complexity index is 590. The summed E-state index contributed by atoms with van der Waals surface area (Å²) < 4.78 is 37.6. The molecule has 38 heavy (non-hydrogen) atoms. The van der Waals surface area contributed by atoms with E-state index in [-0.39, 0.29) is 42.8 Å². The smallest absolute Gasteiger partial charge is 0.394 e. The maximum Gasteiger partial charge on any atom is 1.00 e. The molecule has 14 heteroatoms. The molecule has 1 saturated heterocycles. The summed E-state index contributed by atoms with van der Waals surface area (Å²) in [7, 11) is -4.23. The first-order chi connectivity index (χ1) is 17.3. The van der Waals surface area contributed by atoms with Crippen molar-refractivity contribution >= 4 is 10.4 Å². The topological polar surface area (TPSA) is 214 Å². The molecule has 0 bridgehead atoms. The number of aliphatic hydroxyl groups excluding tert-OH is 7. The van der Waals surface area contributed by atoms with Gasteiger partial charge in [0.1, 0.15) is 24.4 Å². The van der Waals surface area contributed by atoms with Crippen LogP contribution in [0.25, 0.3) is 0 Å². The molecule has 1 aliphatic rings. The second-order valence-electron chi connectivity index (χ2n) is 8.47. The number of hydrogen-bond donors (Lipinski definition) is 8. The summed E-state index contributed by atoms with van der Waals surface area (Å²) in [5, 5.41) is 60.7. The summed E-state index contributed by atoms with van der Waals surface area (Å²) in [5.41, 5.74) is 0. The monoisotopic (exact) mass is 586 g/mol. The van der Waals surface area contributed by atoms with Crippen molar-refractivity contribution in [3.63, 3.8) is 0 Å². The first-order valence-electron chi connectivity index (χ1n) is 12.6. The zero-order chi connectivity index (χ0) is 29.3. The van der Waals surface area contributed by atoms with Crippen molar-refractivity contribution in [1.29, 1.82) is 0 Å². The average Bonchev–Trinajstić information content (AvgIpc) is 2.84. The van der Waals surface area contributed by atoms with Crippen LogP contribution in [0.1, 0.15) is 78.1 Å². The Morgan fingerprint density at radius 2 is 1.32 bits per heavy atom. The van der Waals surface area contributed by atoms with Gasteiger partial charge in [-0.05, 0) is 13.3 Å². The summed E-state index contributed by atoms with van der Waals surface area (Å²) in [6, 6.07) is 0. The molecule has 0 aromatic rings. The van der Waals surface area contributed by atoms with Gasteiger partial charge in [0.15, 0.2) is 6.29 Å². The summed E-state index contributed by atoms with van der Waals surface area (Å²) in [4.78, 5) is 0.